The molecule has 1 aromatic carbocycles. The molecule has 1 amide bonds. The molecule has 0 atom stereocenters. The summed E-state index contributed by atoms with van der Waals surface area (Å²) in [5.41, 5.74) is 8.66. The van der Waals surface area contributed by atoms with Crippen LogP contribution in [0, 0.1) is 6.92 Å². The Morgan fingerprint density at radius 2 is 2.00 bits per heavy atom. The molecule has 1 aromatic heterocycles. The third-order valence-corrected chi connectivity index (χ3v) is 2.61. The topological polar surface area (TPSA) is 60.9 Å². The van der Waals surface area contributed by atoms with Crippen LogP contribution in [0.2, 0.25) is 0 Å². The van der Waals surface area contributed by atoms with Crippen LogP contribution in [0.5, 0.6) is 0 Å². The summed E-state index contributed by atoms with van der Waals surface area (Å²) >= 11 is 0. The van der Waals surface area contributed by atoms with Gasteiger partial charge in [-0.1, -0.05) is 24.3 Å². The lowest BCUT2D eigenvalue weighted by molar-refractivity contribution is 0.0992. The molecule has 0 radical (unpaired) electrons. The van der Waals surface area contributed by atoms with Gasteiger partial charge in [-0.3, -0.25) is 9.48 Å². The van der Waals surface area contributed by atoms with Gasteiger partial charge in [-0.15, -0.1) is 0 Å². The number of primary amides is 1. The number of aryl methyl sites for hydroxylation is 2. The lowest BCUT2D eigenvalue weighted by atomic mass is 10.0. The normalized spacial score (nSPS) is 10.4. The molecule has 0 saturated carbocycles. The fraction of sp³-hybridized carbons (Fsp3) is 0.167. The predicted octanol–water partition coefficient (Wildman–Crippen LogP) is 1.49. The minimum absolute atomic E-state index is 0.439. The van der Waals surface area contributed by atoms with Crippen LogP contribution in [0.15, 0.2) is 30.5 Å². The standard InChI is InChI=1S/C12H13N3O/c1-8-5-3-4-6-9(8)10-7-14-15(2)11(10)12(13)16/h3-7H,1-2H3,(H2,13,16). The Hall–Kier alpha value is -2.10. The van der Waals surface area contributed by atoms with Gasteiger partial charge in [0, 0.05) is 12.6 Å². The summed E-state index contributed by atoms with van der Waals surface area (Å²) in [6, 6.07) is 7.84. The highest BCUT2D eigenvalue weighted by Crippen LogP contribution is 2.25. The monoisotopic (exact) mass is 215 g/mol. The van der Waals surface area contributed by atoms with E-state index >= 15 is 0 Å². The van der Waals surface area contributed by atoms with E-state index in [2.05, 4.69) is 5.10 Å². The van der Waals surface area contributed by atoms with E-state index < -0.39 is 5.91 Å². The lowest BCUT2D eigenvalue weighted by Gasteiger charge is -2.05. The van der Waals surface area contributed by atoms with Crippen LogP contribution >= 0.6 is 0 Å². The summed E-state index contributed by atoms with van der Waals surface area (Å²) in [5, 5.41) is 4.07. The first-order chi connectivity index (χ1) is 7.61. The molecule has 1 heterocycles. The summed E-state index contributed by atoms with van der Waals surface area (Å²) in [7, 11) is 1.71. The van der Waals surface area contributed by atoms with Gasteiger partial charge in [0.1, 0.15) is 5.69 Å². The molecule has 0 unspecified atom stereocenters. The van der Waals surface area contributed by atoms with Crippen LogP contribution in [0.25, 0.3) is 11.1 Å². The van der Waals surface area contributed by atoms with E-state index in [4.69, 9.17) is 5.73 Å². The summed E-state index contributed by atoms with van der Waals surface area (Å²) in [6.07, 6.45) is 1.67. The molecule has 0 spiro atoms. The molecule has 0 aliphatic rings. The Morgan fingerprint density at radius 1 is 1.31 bits per heavy atom. The zero-order valence-corrected chi connectivity index (χ0v) is 9.27. The van der Waals surface area contributed by atoms with Gasteiger partial charge < -0.3 is 5.73 Å². The van der Waals surface area contributed by atoms with Gasteiger partial charge in [0.2, 0.25) is 0 Å². The molecule has 2 aromatic rings. The quantitative estimate of drug-likeness (QED) is 0.825. The first-order valence-corrected chi connectivity index (χ1v) is 4.99. The Balaban J connectivity index is 2.66. The molecule has 0 bridgehead atoms. The van der Waals surface area contributed by atoms with Crippen LogP contribution in [-0.4, -0.2) is 15.7 Å². The second kappa shape index (κ2) is 3.81. The fourth-order valence-corrected chi connectivity index (χ4v) is 1.80. The highest BCUT2D eigenvalue weighted by atomic mass is 16.1. The number of amides is 1. The molecule has 16 heavy (non-hydrogen) atoms. The van der Waals surface area contributed by atoms with E-state index in [1.54, 1.807) is 13.2 Å². The lowest BCUT2D eigenvalue weighted by Crippen LogP contribution is -2.16. The molecule has 0 aliphatic carbocycles. The average Bonchev–Trinajstić information content (AvgIpc) is 2.61. The molecule has 0 aliphatic heterocycles. The number of aromatic nitrogens is 2. The minimum Gasteiger partial charge on any atom is -0.364 e. The molecule has 4 heteroatoms. The van der Waals surface area contributed by atoms with Gasteiger partial charge in [0.25, 0.3) is 5.91 Å². The van der Waals surface area contributed by atoms with Gasteiger partial charge >= 0.3 is 0 Å². The van der Waals surface area contributed by atoms with E-state index in [0.717, 1.165) is 16.7 Å². The molecule has 0 saturated heterocycles. The maximum Gasteiger partial charge on any atom is 0.267 e. The molecule has 0 fully saturated rings. The van der Waals surface area contributed by atoms with Crippen molar-refractivity contribution in [1.29, 1.82) is 0 Å². The van der Waals surface area contributed by atoms with Crippen molar-refractivity contribution < 1.29 is 4.79 Å². The van der Waals surface area contributed by atoms with Crippen LogP contribution in [0.1, 0.15) is 16.1 Å². The molecular formula is C12H13N3O. The minimum atomic E-state index is -0.460. The summed E-state index contributed by atoms with van der Waals surface area (Å²) in [5.74, 6) is -0.460. The number of carbonyl (C=O) groups excluding carboxylic acids is 1. The van der Waals surface area contributed by atoms with Gasteiger partial charge in [-0.05, 0) is 18.1 Å². The van der Waals surface area contributed by atoms with Crippen molar-refractivity contribution in [3.8, 4) is 11.1 Å². The molecule has 2 N–H and O–H groups in total. The van der Waals surface area contributed by atoms with Crippen molar-refractivity contribution >= 4 is 5.91 Å². The van der Waals surface area contributed by atoms with Crippen LogP contribution in [-0.2, 0) is 7.05 Å². The predicted molar refractivity (Wildman–Crippen MR) is 61.9 cm³/mol. The number of carbonyl (C=O) groups is 1. The van der Waals surface area contributed by atoms with Gasteiger partial charge in [0.05, 0.1) is 6.20 Å². The first kappa shape index (κ1) is 10.4. The number of hydrogen-bond donors (Lipinski definition) is 1. The van der Waals surface area contributed by atoms with E-state index in [1.807, 2.05) is 31.2 Å². The molecule has 2 rings (SSSR count). The number of hydrogen-bond acceptors (Lipinski definition) is 2. The second-order valence-corrected chi connectivity index (χ2v) is 3.71. The highest BCUT2D eigenvalue weighted by molar-refractivity contribution is 5.98. The van der Waals surface area contributed by atoms with Crippen LogP contribution < -0.4 is 5.73 Å². The van der Waals surface area contributed by atoms with Crippen molar-refractivity contribution in [2.75, 3.05) is 0 Å². The zero-order chi connectivity index (χ0) is 11.7. The van der Waals surface area contributed by atoms with Crippen molar-refractivity contribution in [2.24, 2.45) is 12.8 Å². The summed E-state index contributed by atoms with van der Waals surface area (Å²) in [6.45, 7) is 1.99. The number of rotatable bonds is 2. The van der Waals surface area contributed by atoms with E-state index in [-0.39, 0.29) is 0 Å². The third-order valence-electron chi connectivity index (χ3n) is 2.61. The van der Waals surface area contributed by atoms with E-state index in [9.17, 15) is 4.79 Å². The Labute approximate surface area is 93.7 Å². The number of nitrogens with zero attached hydrogens (tertiary/aromatic N) is 2. The van der Waals surface area contributed by atoms with Gasteiger partial charge in [0.15, 0.2) is 0 Å². The van der Waals surface area contributed by atoms with Gasteiger partial charge in [-0.2, -0.15) is 5.10 Å². The smallest absolute Gasteiger partial charge is 0.267 e. The van der Waals surface area contributed by atoms with E-state index in [0.29, 0.717) is 5.69 Å². The Bertz CT molecular complexity index is 543. The van der Waals surface area contributed by atoms with Crippen molar-refractivity contribution in [2.45, 2.75) is 6.92 Å². The SMILES string of the molecule is Cc1ccccc1-c1cnn(C)c1C(N)=O. The molecular weight excluding hydrogens is 202 g/mol. The summed E-state index contributed by atoms with van der Waals surface area (Å²) in [4.78, 5) is 11.3. The largest absolute Gasteiger partial charge is 0.364 e. The van der Waals surface area contributed by atoms with Crippen molar-refractivity contribution in [1.82, 2.24) is 9.78 Å². The van der Waals surface area contributed by atoms with Crippen molar-refractivity contribution in [3.05, 3.63) is 41.7 Å². The third kappa shape index (κ3) is 1.58. The first-order valence-electron chi connectivity index (χ1n) is 4.99. The maximum absolute atomic E-state index is 11.3. The fourth-order valence-electron chi connectivity index (χ4n) is 1.80. The number of benzene rings is 1. The average molecular weight is 215 g/mol. The maximum atomic E-state index is 11.3. The van der Waals surface area contributed by atoms with Crippen LogP contribution in [0.4, 0.5) is 0 Å². The Morgan fingerprint density at radius 3 is 2.62 bits per heavy atom. The van der Waals surface area contributed by atoms with Crippen LogP contribution in [0.3, 0.4) is 0 Å². The number of nitrogens with two attached hydrogens (primary N) is 1. The zero-order valence-electron chi connectivity index (χ0n) is 9.27. The second-order valence-electron chi connectivity index (χ2n) is 3.71. The highest BCUT2D eigenvalue weighted by Gasteiger charge is 2.16. The van der Waals surface area contributed by atoms with E-state index in [1.165, 1.54) is 4.68 Å². The molecule has 82 valence electrons. The van der Waals surface area contributed by atoms with Crippen molar-refractivity contribution in [3.63, 3.8) is 0 Å². The molecule has 4 nitrogen and oxygen atoms in total. The Kier molecular flexibility index (Phi) is 2.48. The van der Waals surface area contributed by atoms with Gasteiger partial charge in [-0.25, -0.2) is 0 Å². The summed E-state index contributed by atoms with van der Waals surface area (Å²) < 4.78 is 1.50.